The largest absolute Gasteiger partial charge is 0.487 e. The molecular weight excluding hydrogens is 388 g/mol. The molecule has 1 fully saturated rings. The Kier molecular flexibility index (Phi) is 6.39. The fourth-order valence-corrected chi connectivity index (χ4v) is 3.41. The number of nitrogens with zero attached hydrogens (tertiary/aromatic N) is 1. The molecule has 0 N–H and O–H groups in total. The molecule has 1 unspecified atom stereocenters. The minimum Gasteiger partial charge on any atom is -0.487 e. The molecule has 3 rings (SSSR count). The molecule has 0 aromatic heterocycles. The first-order valence-electron chi connectivity index (χ1n) is 9.17. The van der Waals surface area contributed by atoms with E-state index in [1.165, 1.54) is 6.07 Å². The Morgan fingerprint density at radius 3 is 2.46 bits per heavy atom. The highest BCUT2D eigenvalue weighted by molar-refractivity contribution is 6.30. The predicted molar refractivity (Wildman–Crippen MR) is 103 cm³/mol. The molecule has 28 heavy (non-hydrogen) atoms. The topological polar surface area (TPSA) is 38.8 Å². The Morgan fingerprint density at radius 2 is 1.82 bits per heavy atom. The van der Waals surface area contributed by atoms with Crippen LogP contribution in [0.3, 0.4) is 0 Å². The molecule has 1 heterocycles. The number of ether oxygens (including phenoxy) is 2. The standard InChI is InChI=1S/C21H22ClF2NO3/c1-13-11-15(22)3-5-19(13)27-14(2)21(26)25-9-7-17(8-10-25)28-20-6-4-16(23)12-18(20)24/h3-6,11-12,14,17H,7-10H2,1-2H3. The van der Waals surface area contributed by atoms with E-state index in [4.69, 9.17) is 21.1 Å². The first-order chi connectivity index (χ1) is 13.3. The summed E-state index contributed by atoms with van der Waals surface area (Å²) < 4.78 is 38.1. The third-order valence-electron chi connectivity index (χ3n) is 4.73. The first-order valence-corrected chi connectivity index (χ1v) is 9.54. The maximum atomic E-state index is 13.7. The Bertz CT molecular complexity index is 854. The molecule has 0 radical (unpaired) electrons. The number of carbonyl (C=O) groups excluding carboxylic acids is 1. The Labute approximate surface area is 168 Å². The number of rotatable bonds is 5. The highest BCUT2D eigenvalue weighted by Gasteiger charge is 2.28. The highest BCUT2D eigenvalue weighted by atomic mass is 35.5. The van der Waals surface area contributed by atoms with E-state index in [1.54, 1.807) is 30.0 Å². The van der Waals surface area contributed by atoms with Crippen LogP contribution in [0.2, 0.25) is 5.02 Å². The smallest absolute Gasteiger partial charge is 0.263 e. The van der Waals surface area contributed by atoms with Gasteiger partial charge in [0.1, 0.15) is 17.7 Å². The molecular formula is C21H22ClF2NO3. The van der Waals surface area contributed by atoms with Crippen LogP contribution >= 0.6 is 11.6 Å². The molecule has 1 aliphatic rings. The lowest BCUT2D eigenvalue weighted by atomic mass is 10.1. The summed E-state index contributed by atoms with van der Waals surface area (Å²) in [6, 6.07) is 8.50. The number of carbonyl (C=O) groups is 1. The molecule has 0 aliphatic carbocycles. The number of hydrogen-bond donors (Lipinski definition) is 0. The minimum atomic E-state index is -0.723. The summed E-state index contributed by atoms with van der Waals surface area (Å²) in [6.07, 6.45) is 0.274. The van der Waals surface area contributed by atoms with Crippen molar-refractivity contribution < 1.29 is 23.0 Å². The van der Waals surface area contributed by atoms with Gasteiger partial charge in [0.25, 0.3) is 5.91 Å². The third-order valence-corrected chi connectivity index (χ3v) is 4.96. The van der Waals surface area contributed by atoms with Gasteiger partial charge in [-0.1, -0.05) is 11.6 Å². The summed E-state index contributed by atoms with van der Waals surface area (Å²) >= 11 is 5.94. The number of piperidine rings is 1. The summed E-state index contributed by atoms with van der Waals surface area (Å²) in [5, 5.41) is 0.614. The van der Waals surface area contributed by atoms with Crippen molar-refractivity contribution in [1.29, 1.82) is 0 Å². The van der Waals surface area contributed by atoms with Crippen LogP contribution in [0.1, 0.15) is 25.3 Å². The van der Waals surface area contributed by atoms with Crippen molar-refractivity contribution in [3.8, 4) is 11.5 Å². The van der Waals surface area contributed by atoms with Gasteiger partial charge in [-0.3, -0.25) is 4.79 Å². The molecule has 0 bridgehead atoms. The number of hydrogen-bond acceptors (Lipinski definition) is 3. The molecule has 4 nitrogen and oxygen atoms in total. The normalized spacial score (nSPS) is 16.0. The predicted octanol–water partition coefficient (Wildman–Crippen LogP) is 4.76. The second kappa shape index (κ2) is 8.78. The molecule has 1 amide bonds. The number of halogens is 3. The van der Waals surface area contributed by atoms with E-state index in [0.717, 1.165) is 17.7 Å². The van der Waals surface area contributed by atoms with Gasteiger partial charge in [0.2, 0.25) is 0 Å². The molecule has 150 valence electrons. The number of likely N-dealkylation sites (tertiary alicyclic amines) is 1. The molecule has 1 saturated heterocycles. The van der Waals surface area contributed by atoms with Gasteiger partial charge in [-0.15, -0.1) is 0 Å². The van der Waals surface area contributed by atoms with Gasteiger partial charge >= 0.3 is 0 Å². The SMILES string of the molecule is Cc1cc(Cl)ccc1OC(C)C(=O)N1CCC(Oc2ccc(F)cc2F)CC1. The molecule has 1 atom stereocenters. The van der Waals surface area contributed by atoms with Gasteiger partial charge in [0, 0.05) is 37.0 Å². The van der Waals surface area contributed by atoms with Gasteiger partial charge < -0.3 is 14.4 Å². The summed E-state index contributed by atoms with van der Waals surface area (Å²) in [5.41, 5.74) is 0.862. The maximum Gasteiger partial charge on any atom is 0.263 e. The lowest BCUT2D eigenvalue weighted by Crippen LogP contribution is -2.46. The van der Waals surface area contributed by atoms with Crippen molar-refractivity contribution in [3.63, 3.8) is 0 Å². The second-order valence-electron chi connectivity index (χ2n) is 6.89. The van der Waals surface area contributed by atoms with Crippen LogP contribution in [0.25, 0.3) is 0 Å². The monoisotopic (exact) mass is 409 g/mol. The van der Waals surface area contributed by atoms with Gasteiger partial charge in [0.05, 0.1) is 0 Å². The zero-order valence-electron chi connectivity index (χ0n) is 15.8. The quantitative estimate of drug-likeness (QED) is 0.714. The van der Waals surface area contributed by atoms with Crippen LogP contribution in [-0.2, 0) is 4.79 Å². The summed E-state index contributed by atoms with van der Waals surface area (Å²) in [7, 11) is 0. The molecule has 2 aromatic carbocycles. The van der Waals surface area contributed by atoms with Gasteiger partial charge in [0.15, 0.2) is 17.7 Å². The zero-order valence-corrected chi connectivity index (χ0v) is 16.5. The van der Waals surface area contributed by atoms with Crippen molar-refractivity contribution in [2.24, 2.45) is 0 Å². The lowest BCUT2D eigenvalue weighted by Gasteiger charge is -2.33. The summed E-state index contributed by atoms with van der Waals surface area (Å²) in [6.45, 7) is 4.56. The van der Waals surface area contributed by atoms with E-state index in [1.807, 2.05) is 6.92 Å². The van der Waals surface area contributed by atoms with E-state index in [9.17, 15) is 13.6 Å². The Morgan fingerprint density at radius 1 is 1.14 bits per heavy atom. The third kappa shape index (κ3) is 4.93. The number of amides is 1. The van der Waals surface area contributed by atoms with Gasteiger partial charge in [-0.05, 0) is 49.7 Å². The fourth-order valence-electron chi connectivity index (χ4n) is 3.19. The number of benzene rings is 2. The maximum absolute atomic E-state index is 13.7. The molecule has 7 heteroatoms. The van der Waals surface area contributed by atoms with Gasteiger partial charge in [-0.2, -0.15) is 0 Å². The fraction of sp³-hybridized carbons (Fsp3) is 0.381. The van der Waals surface area contributed by atoms with Gasteiger partial charge in [-0.25, -0.2) is 8.78 Å². The van der Waals surface area contributed by atoms with Crippen LogP contribution in [0.5, 0.6) is 11.5 Å². The molecule has 0 spiro atoms. The van der Waals surface area contributed by atoms with Crippen molar-refractivity contribution in [2.75, 3.05) is 13.1 Å². The van der Waals surface area contributed by atoms with E-state index in [2.05, 4.69) is 0 Å². The molecule has 2 aromatic rings. The number of aryl methyl sites for hydroxylation is 1. The van der Waals surface area contributed by atoms with E-state index >= 15 is 0 Å². The zero-order chi connectivity index (χ0) is 20.3. The van der Waals surface area contributed by atoms with Crippen LogP contribution in [0.4, 0.5) is 8.78 Å². The van der Waals surface area contributed by atoms with E-state index in [0.29, 0.717) is 36.7 Å². The van der Waals surface area contributed by atoms with Crippen LogP contribution in [0.15, 0.2) is 36.4 Å². The van der Waals surface area contributed by atoms with E-state index < -0.39 is 17.7 Å². The average molecular weight is 410 g/mol. The highest BCUT2D eigenvalue weighted by Crippen LogP contribution is 2.25. The summed E-state index contributed by atoms with van der Waals surface area (Å²) in [4.78, 5) is 14.4. The van der Waals surface area contributed by atoms with Crippen molar-refractivity contribution in [1.82, 2.24) is 4.90 Å². The van der Waals surface area contributed by atoms with Crippen LogP contribution in [-0.4, -0.2) is 36.1 Å². The van der Waals surface area contributed by atoms with Crippen molar-refractivity contribution in [2.45, 2.75) is 38.9 Å². The Balaban J connectivity index is 1.52. The Hall–Kier alpha value is -2.34. The first kappa shape index (κ1) is 20.4. The average Bonchev–Trinajstić information content (AvgIpc) is 2.66. The minimum absolute atomic E-state index is 0.0288. The van der Waals surface area contributed by atoms with Crippen LogP contribution < -0.4 is 9.47 Å². The molecule has 0 saturated carbocycles. The lowest BCUT2D eigenvalue weighted by molar-refractivity contribution is -0.139. The molecule has 1 aliphatic heterocycles. The summed E-state index contributed by atoms with van der Waals surface area (Å²) in [5.74, 6) is -0.828. The van der Waals surface area contributed by atoms with E-state index in [-0.39, 0.29) is 17.8 Å². The van der Waals surface area contributed by atoms with Crippen LogP contribution in [0, 0.1) is 18.6 Å². The van der Waals surface area contributed by atoms with Crippen molar-refractivity contribution in [3.05, 3.63) is 58.6 Å². The van der Waals surface area contributed by atoms with Crippen molar-refractivity contribution >= 4 is 17.5 Å². The second-order valence-corrected chi connectivity index (χ2v) is 7.32.